The van der Waals surface area contributed by atoms with Crippen molar-refractivity contribution in [3.8, 4) is 0 Å². The molecule has 0 saturated carbocycles. The molecule has 1 aliphatic rings. The molecule has 0 unspecified atom stereocenters. The van der Waals surface area contributed by atoms with Gasteiger partial charge in [-0.1, -0.05) is 0 Å². The molecule has 0 radical (unpaired) electrons. The van der Waals surface area contributed by atoms with Crippen LogP contribution in [0.15, 0.2) is 36.8 Å². The number of amides is 1. The Bertz CT molecular complexity index is 1420. The van der Waals surface area contributed by atoms with E-state index in [4.69, 9.17) is 0 Å². The molecular weight excluding hydrogens is 433 g/mol. The van der Waals surface area contributed by atoms with E-state index in [0.29, 0.717) is 22.5 Å². The van der Waals surface area contributed by atoms with Crippen molar-refractivity contribution in [3.05, 3.63) is 53.9 Å². The molecule has 4 heterocycles. The van der Waals surface area contributed by atoms with Crippen molar-refractivity contribution in [2.75, 3.05) is 23.3 Å². The second-order valence-corrected chi connectivity index (χ2v) is 10.6. The summed E-state index contributed by atoms with van der Waals surface area (Å²) in [7, 11) is 1.85. The Labute approximate surface area is 197 Å². The number of nitrogens with zero attached hydrogens (tertiary/aromatic N) is 5. The largest absolute Gasteiger partial charge is 0.367 e. The zero-order valence-corrected chi connectivity index (χ0v) is 20.4. The average Bonchev–Trinajstić information content (AvgIpc) is 3.26. The minimum absolute atomic E-state index is 0.0687. The normalized spacial score (nSPS) is 17.4. The number of carbonyl (C=O) groups excluding carboxylic acids is 1. The molecule has 1 fully saturated rings. The summed E-state index contributed by atoms with van der Waals surface area (Å²) in [6.45, 7) is 12.2. The fourth-order valence-electron chi connectivity index (χ4n) is 5.29. The van der Waals surface area contributed by atoms with Crippen LogP contribution in [0.25, 0.3) is 16.6 Å². The maximum Gasteiger partial charge on any atom is 0.257 e. The summed E-state index contributed by atoms with van der Waals surface area (Å²) in [5.41, 5.74) is 3.25. The Morgan fingerprint density at radius 3 is 2.53 bits per heavy atom. The minimum atomic E-state index is -0.492. The van der Waals surface area contributed by atoms with Crippen LogP contribution in [-0.2, 0) is 7.05 Å². The maximum absolute atomic E-state index is 14.5. The zero-order valence-electron chi connectivity index (χ0n) is 20.4. The number of rotatable bonds is 3. The molecule has 1 amide bonds. The summed E-state index contributed by atoms with van der Waals surface area (Å²) >= 11 is 0. The first-order valence-electron chi connectivity index (χ1n) is 11.4. The van der Waals surface area contributed by atoms with Crippen LogP contribution in [0.1, 0.15) is 43.7 Å². The molecule has 4 aromatic rings. The molecule has 0 bridgehead atoms. The van der Waals surface area contributed by atoms with E-state index in [-0.39, 0.29) is 22.6 Å². The molecule has 0 atom stereocenters. The first-order chi connectivity index (χ1) is 15.9. The van der Waals surface area contributed by atoms with Crippen LogP contribution in [0.2, 0.25) is 0 Å². The number of piperazine rings is 1. The van der Waals surface area contributed by atoms with Gasteiger partial charge in [-0.2, -0.15) is 5.10 Å². The first-order valence-corrected chi connectivity index (χ1v) is 11.4. The highest BCUT2D eigenvalue weighted by Crippen LogP contribution is 2.33. The van der Waals surface area contributed by atoms with Crippen molar-refractivity contribution in [1.29, 1.82) is 0 Å². The zero-order chi connectivity index (χ0) is 24.4. The van der Waals surface area contributed by atoms with Crippen LogP contribution in [0.3, 0.4) is 0 Å². The van der Waals surface area contributed by atoms with Crippen molar-refractivity contribution < 1.29 is 9.18 Å². The Morgan fingerprint density at radius 2 is 1.82 bits per heavy atom. The second kappa shape index (κ2) is 7.53. The smallest absolute Gasteiger partial charge is 0.257 e. The van der Waals surface area contributed by atoms with Gasteiger partial charge in [-0.15, -0.1) is 0 Å². The summed E-state index contributed by atoms with van der Waals surface area (Å²) in [5, 5.41) is 12.0. The summed E-state index contributed by atoms with van der Waals surface area (Å²) in [6, 6.07) is 5.08. The highest BCUT2D eigenvalue weighted by Gasteiger charge is 2.37. The van der Waals surface area contributed by atoms with E-state index in [1.807, 2.05) is 19.3 Å². The molecule has 34 heavy (non-hydrogen) atoms. The van der Waals surface area contributed by atoms with E-state index < -0.39 is 5.82 Å². The highest BCUT2D eigenvalue weighted by atomic mass is 19.1. The topological polar surface area (TPSA) is 79.5 Å². The summed E-state index contributed by atoms with van der Waals surface area (Å²) in [6.07, 6.45) is 5.32. The number of imidazole rings is 1. The third kappa shape index (κ3) is 4.00. The molecule has 9 heteroatoms. The lowest BCUT2D eigenvalue weighted by molar-refractivity contribution is 0.102. The van der Waals surface area contributed by atoms with Gasteiger partial charge < -0.3 is 19.9 Å². The third-order valence-corrected chi connectivity index (χ3v) is 6.09. The van der Waals surface area contributed by atoms with Crippen molar-refractivity contribution in [3.63, 3.8) is 0 Å². The third-order valence-electron chi connectivity index (χ3n) is 6.09. The number of hydrogen-bond donors (Lipinski definition) is 2. The molecule has 0 aliphatic carbocycles. The predicted octanol–water partition coefficient (Wildman–Crippen LogP) is 3.89. The predicted molar refractivity (Wildman–Crippen MR) is 132 cm³/mol. The number of hydrogen-bond acceptors (Lipinski definition) is 5. The molecule has 0 spiro atoms. The van der Waals surface area contributed by atoms with Gasteiger partial charge in [0, 0.05) is 66.9 Å². The average molecular weight is 464 g/mol. The molecule has 5 rings (SSSR count). The van der Waals surface area contributed by atoms with Crippen molar-refractivity contribution in [1.82, 2.24) is 24.5 Å². The number of benzene rings is 1. The second-order valence-electron chi connectivity index (χ2n) is 10.6. The lowest BCUT2D eigenvalue weighted by Gasteiger charge is -2.49. The van der Waals surface area contributed by atoms with Crippen LogP contribution >= 0.6 is 0 Å². The Kier molecular flexibility index (Phi) is 4.95. The van der Waals surface area contributed by atoms with Gasteiger partial charge in [0.25, 0.3) is 5.91 Å². The van der Waals surface area contributed by atoms with Crippen LogP contribution in [0, 0.1) is 12.7 Å². The Balaban J connectivity index is 1.51. The van der Waals surface area contributed by atoms with Gasteiger partial charge >= 0.3 is 0 Å². The van der Waals surface area contributed by atoms with E-state index in [1.54, 1.807) is 34.5 Å². The quantitative estimate of drug-likeness (QED) is 0.482. The van der Waals surface area contributed by atoms with Crippen molar-refractivity contribution in [2.45, 2.75) is 45.7 Å². The molecule has 8 nitrogen and oxygen atoms in total. The van der Waals surface area contributed by atoms with E-state index in [1.165, 1.54) is 6.07 Å². The SMILES string of the molecule is Cc1cn2cc(NC(=O)c3ccc(N4CC(C)(C)NC(C)(C)C4)c4cn(C)nc34)cc(F)c2n1. The molecule has 1 aromatic carbocycles. The summed E-state index contributed by atoms with van der Waals surface area (Å²) in [4.78, 5) is 19.8. The fraction of sp³-hybridized carbons (Fsp3) is 0.400. The number of carbonyl (C=O) groups is 1. The van der Waals surface area contributed by atoms with Gasteiger partial charge in [-0.05, 0) is 46.8 Å². The first kappa shape index (κ1) is 22.3. The van der Waals surface area contributed by atoms with E-state index >= 15 is 0 Å². The number of fused-ring (bicyclic) bond motifs is 2. The lowest BCUT2D eigenvalue weighted by Crippen LogP contribution is -2.67. The number of aromatic nitrogens is 4. The van der Waals surface area contributed by atoms with Gasteiger partial charge in [-0.3, -0.25) is 9.48 Å². The number of nitrogens with one attached hydrogen (secondary N) is 2. The van der Waals surface area contributed by atoms with Crippen LogP contribution < -0.4 is 15.5 Å². The standard InChI is InChI=1S/C25H30FN7O/c1-15-10-32-11-16(9-19(26)22(32)27-15)28-23(34)17-7-8-20(18-12-31(6)29-21(17)18)33-13-24(2,3)30-25(4,5)14-33/h7-12,30H,13-14H2,1-6H3,(H,28,34). The Hall–Kier alpha value is -3.46. The molecule has 178 valence electrons. The number of pyridine rings is 1. The van der Waals surface area contributed by atoms with Crippen molar-refractivity contribution >= 4 is 33.8 Å². The van der Waals surface area contributed by atoms with Gasteiger partial charge in [0.05, 0.1) is 16.9 Å². The van der Waals surface area contributed by atoms with E-state index in [9.17, 15) is 9.18 Å². The lowest BCUT2D eigenvalue weighted by atomic mass is 9.90. The number of aryl methyl sites for hydroxylation is 2. The van der Waals surface area contributed by atoms with Crippen LogP contribution in [0.4, 0.5) is 15.8 Å². The molecule has 2 N–H and O–H groups in total. The van der Waals surface area contributed by atoms with Crippen LogP contribution in [0.5, 0.6) is 0 Å². The molecular formula is C25H30FN7O. The van der Waals surface area contributed by atoms with Gasteiger partial charge in [0.1, 0.15) is 5.52 Å². The molecule has 3 aromatic heterocycles. The fourth-order valence-corrected chi connectivity index (χ4v) is 5.29. The van der Waals surface area contributed by atoms with E-state index in [2.05, 4.69) is 53.3 Å². The van der Waals surface area contributed by atoms with Gasteiger partial charge in [0.2, 0.25) is 0 Å². The minimum Gasteiger partial charge on any atom is -0.367 e. The Morgan fingerprint density at radius 1 is 1.12 bits per heavy atom. The molecule has 1 saturated heterocycles. The number of halogens is 1. The van der Waals surface area contributed by atoms with E-state index in [0.717, 1.165) is 24.2 Å². The monoisotopic (exact) mass is 463 g/mol. The summed E-state index contributed by atoms with van der Waals surface area (Å²) in [5.74, 6) is -0.833. The molecule has 1 aliphatic heterocycles. The van der Waals surface area contributed by atoms with Gasteiger partial charge in [-0.25, -0.2) is 9.37 Å². The van der Waals surface area contributed by atoms with Gasteiger partial charge in [0.15, 0.2) is 11.5 Å². The van der Waals surface area contributed by atoms with Crippen LogP contribution in [-0.4, -0.2) is 49.2 Å². The maximum atomic E-state index is 14.5. The summed E-state index contributed by atoms with van der Waals surface area (Å²) < 4.78 is 17.8. The van der Waals surface area contributed by atoms with Crippen molar-refractivity contribution in [2.24, 2.45) is 7.05 Å². The number of anilines is 2. The highest BCUT2D eigenvalue weighted by molar-refractivity contribution is 6.13.